The summed E-state index contributed by atoms with van der Waals surface area (Å²) in [5.74, 6) is 2.92. The Balaban J connectivity index is 2.10. The maximum atomic E-state index is 4.55. The van der Waals surface area contributed by atoms with Gasteiger partial charge in [0.2, 0.25) is 0 Å². The second-order valence-corrected chi connectivity index (χ2v) is 6.57. The zero-order valence-electron chi connectivity index (χ0n) is 12.4. The summed E-state index contributed by atoms with van der Waals surface area (Å²) in [6.45, 7) is 9.29. The third-order valence-electron chi connectivity index (χ3n) is 4.65. The van der Waals surface area contributed by atoms with Gasteiger partial charge in [0.05, 0.1) is 0 Å². The van der Waals surface area contributed by atoms with Gasteiger partial charge in [-0.2, -0.15) is 5.10 Å². The molecule has 0 bridgehead atoms. The highest BCUT2D eigenvalue weighted by atomic mass is 15.3. The van der Waals surface area contributed by atoms with Gasteiger partial charge in [-0.05, 0) is 55.4 Å². The Morgan fingerprint density at radius 2 is 1.94 bits per heavy atom. The van der Waals surface area contributed by atoms with Gasteiger partial charge in [0.1, 0.15) is 0 Å². The maximum absolute atomic E-state index is 4.55. The van der Waals surface area contributed by atoms with E-state index in [-0.39, 0.29) is 0 Å². The van der Waals surface area contributed by atoms with E-state index in [1.54, 1.807) is 5.57 Å². The Bertz CT molecular complexity index is 339. The fourth-order valence-electron chi connectivity index (χ4n) is 3.43. The number of hydrogen-bond donors (Lipinski definition) is 1. The van der Waals surface area contributed by atoms with Gasteiger partial charge in [0.15, 0.2) is 0 Å². The Kier molecular flexibility index (Phi) is 4.47. The van der Waals surface area contributed by atoms with E-state index >= 15 is 0 Å². The van der Waals surface area contributed by atoms with Gasteiger partial charge < -0.3 is 0 Å². The summed E-state index contributed by atoms with van der Waals surface area (Å²) in [7, 11) is 0. The quantitative estimate of drug-likeness (QED) is 0.772. The lowest BCUT2D eigenvalue weighted by molar-refractivity contribution is 0.300. The smallest absolute Gasteiger partial charge is 0.0479 e. The Morgan fingerprint density at radius 3 is 2.61 bits per heavy atom. The van der Waals surface area contributed by atoms with Crippen LogP contribution >= 0.6 is 0 Å². The summed E-state index contributed by atoms with van der Waals surface area (Å²) in [6, 6.07) is 0. The van der Waals surface area contributed by atoms with Crippen molar-refractivity contribution in [3.05, 3.63) is 11.8 Å². The molecular formula is C16H28N2. The van der Waals surface area contributed by atoms with Crippen molar-refractivity contribution in [1.82, 2.24) is 5.43 Å². The highest BCUT2D eigenvalue weighted by Crippen LogP contribution is 2.36. The van der Waals surface area contributed by atoms with E-state index in [0.717, 1.165) is 11.8 Å². The molecule has 0 aromatic heterocycles. The number of nitrogens with one attached hydrogen (secondary N) is 1. The largest absolute Gasteiger partial charge is 0.286 e. The van der Waals surface area contributed by atoms with Crippen LogP contribution in [0.3, 0.4) is 0 Å². The van der Waals surface area contributed by atoms with E-state index in [9.17, 15) is 0 Å². The van der Waals surface area contributed by atoms with E-state index in [2.05, 4.69) is 44.4 Å². The minimum Gasteiger partial charge on any atom is -0.286 e. The van der Waals surface area contributed by atoms with Crippen LogP contribution < -0.4 is 5.43 Å². The Labute approximate surface area is 112 Å². The van der Waals surface area contributed by atoms with Gasteiger partial charge in [-0.15, -0.1) is 0 Å². The van der Waals surface area contributed by atoms with Crippen LogP contribution in [0.2, 0.25) is 0 Å². The Hall–Kier alpha value is -0.790. The fourth-order valence-corrected chi connectivity index (χ4v) is 3.43. The summed E-state index contributed by atoms with van der Waals surface area (Å²) in [5, 5.41) is 4.55. The highest BCUT2D eigenvalue weighted by Gasteiger charge is 2.28. The molecule has 1 heterocycles. The summed E-state index contributed by atoms with van der Waals surface area (Å²) >= 11 is 0. The van der Waals surface area contributed by atoms with Crippen molar-refractivity contribution in [1.29, 1.82) is 0 Å². The van der Waals surface area contributed by atoms with Crippen LogP contribution in [0.15, 0.2) is 16.9 Å². The SMILES string of the molecule is CC(C)C1=NNC=C2CCCC(C(C)C)CCC21. The molecule has 1 saturated carbocycles. The zero-order chi connectivity index (χ0) is 13.1. The molecule has 0 amide bonds. The molecule has 2 aliphatic rings. The lowest BCUT2D eigenvalue weighted by Gasteiger charge is -2.32. The molecule has 2 unspecified atom stereocenters. The number of allylic oxidation sites excluding steroid dienone is 1. The number of nitrogens with zero attached hydrogens (tertiary/aromatic N) is 1. The first-order valence-corrected chi connectivity index (χ1v) is 7.61. The molecule has 102 valence electrons. The number of hydrazone groups is 1. The number of fused-ring (bicyclic) bond motifs is 1. The van der Waals surface area contributed by atoms with Crippen LogP contribution in [0.5, 0.6) is 0 Å². The van der Waals surface area contributed by atoms with Crippen molar-refractivity contribution in [2.24, 2.45) is 28.8 Å². The van der Waals surface area contributed by atoms with Gasteiger partial charge >= 0.3 is 0 Å². The molecule has 0 radical (unpaired) electrons. The zero-order valence-corrected chi connectivity index (χ0v) is 12.4. The minimum absolute atomic E-state index is 0.558. The molecular weight excluding hydrogens is 220 g/mol. The second kappa shape index (κ2) is 5.90. The van der Waals surface area contributed by atoms with Crippen LogP contribution in [0.4, 0.5) is 0 Å². The fraction of sp³-hybridized carbons (Fsp3) is 0.812. The average molecular weight is 248 g/mol. The lowest BCUT2D eigenvalue weighted by atomic mass is 9.75. The summed E-state index contributed by atoms with van der Waals surface area (Å²) in [5.41, 5.74) is 6.09. The predicted octanol–water partition coefficient (Wildman–Crippen LogP) is 4.34. The van der Waals surface area contributed by atoms with Crippen LogP contribution in [0.25, 0.3) is 0 Å². The van der Waals surface area contributed by atoms with E-state index in [0.29, 0.717) is 11.8 Å². The van der Waals surface area contributed by atoms with Crippen molar-refractivity contribution >= 4 is 5.71 Å². The van der Waals surface area contributed by atoms with E-state index in [1.807, 2.05) is 0 Å². The molecule has 18 heavy (non-hydrogen) atoms. The monoisotopic (exact) mass is 248 g/mol. The first kappa shape index (κ1) is 13.6. The number of rotatable bonds is 2. The molecule has 0 aromatic carbocycles. The summed E-state index contributed by atoms with van der Waals surface area (Å²) in [4.78, 5) is 0. The topological polar surface area (TPSA) is 24.4 Å². The highest BCUT2D eigenvalue weighted by molar-refractivity contribution is 5.91. The molecule has 1 N–H and O–H groups in total. The standard InChI is InChI=1S/C16H28N2/c1-11(2)13-6-5-7-14-10-17-18-16(12(3)4)15(14)9-8-13/h10-13,15,17H,5-9H2,1-4H3. The number of hydrogen-bond acceptors (Lipinski definition) is 2. The molecule has 1 aliphatic heterocycles. The summed E-state index contributed by atoms with van der Waals surface area (Å²) < 4.78 is 0. The molecule has 2 heteroatoms. The Morgan fingerprint density at radius 1 is 1.17 bits per heavy atom. The second-order valence-electron chi connectivity index (χ2n) is 6.57. The van der Waals surface area contributed by atoms with E-state index < -0.39 is 0 Å². The van der Waals surface area contributed by atoms with Crippen molar-refractivity contribution in [3.63, 3.8) is 0 Å². The normalized spacial score (nSPS) is 29.0. The van der Waals surface area contributed by atoms with Crippen molar-refractivity contribution < 1.29 is 0 Å². The van der Waals surface area contributed by atoms with Crippen molar-refractivity contribution in [2.75, 3.05) is 0 Å². The molecule has 2 nitrogen and oxygen atoms in total. The van der Waals surface area contributed by atoms with Crippen molar-refractivity contribution in [2.45, 2.75) is 59.8 Å². The van der Waals surface area contributed by atoms with Crippen LogP contribution in [0.1, 0.15) is 59.8 Å². The van der Waals surface area contributed by atoms with Crippen LogP contribution in [0, 0.1) is 23.7 Å². The molecule has 0 saturated heterocycles. The van der Waals surface area contributed by atoms with Crippen LogP contribution in [-0.4, -0.2) is 5.71 Å². The van der Waals surface area contributed by atoms with Crippen molar-refractivity contribution in [3.8, 4) is 0 Å². The first-order valence-electron chi connectivity index (χ1n) is 7.61. The lowest BCUT2D eigenvalue weighted by Crippen LogP contribution is -2.30. The van der Waals surface area contributed by atoms with E-state index in [4.69, 9.17) is 0 Å². The maximum Gasteiger partial charge on any atom is 0.0479 e. The third-order valence-corrected chi connectivity index (χ3v) is 4.65. The van der Waals surface area contributed by atoms with Gasteiger partial charge in [0, 0.05) is 17.8 Å². The van der Waals surface area contributed by atoms with Gasteiger partial charge in [-0.3, -0.25) is 5.43 Å². The van der Waals surface area contributed by atoms with E-state index in [1.165, 1.54) is 37.8 Å². The average Bonchev–Trinajstić information content (AvgIpc) is 2.28. The third kappa shape index (κ3) is 2.96. The molecule has 0 aromatic rings. The molecule has 2 rings (SSSR count). The molecule has 1 aliphatic carbocycles. The predicted molar refractivity (Wildman–Crippen MR) is 78.4 cm³/mol. The molecule has 1 fully saturated rings. The van der Waals surface area contributed by atoms with Gasteiger partial charge in [-0.1, -0.05) is 27.7 Å². The first-order chi connectivity index (χ1) is 8.59. The molecule has 2 atom stereocenters. The summed E-state index contributed by atoms with van der Waals surface area (Å²) in [6.07, 6.45) is 8.83. The van der Waals surface area contributed by atoms with Gasteiger partial charge in [-0.25, -0.2) is 0 Å². The minimum atomic E-state index is 0.558. The molecule has 0 spiro atoms. The van der Waals surface area contributed by atoms with Crippen LogP contribution in [-0.2, 0) is 0 Å². The van der Waals surface area contributed by atoms with Gasteiger partial charge in [0.25, 0.3) is 0 Å².